The van der Waals surface area contributed by atoms with Gasteiger partial charge in [0.25, 0.3) is 0 Å². The Bertz CT molecular complexity index is 690. The van der Waals surface area contributed by atoms with Crippen LogP contribution < -0.4 is 10.5 Å². The molecule has 7 heteroatoms. The lowest BCUT2D eigenvalue weighted by Crippen LogP contribution is -2.00. The van der Waals surface area contributed by atoms with Crippen LogP contribution in [0.3, 0.4) is 0 Å². The zero-order valence-corrected chi connectivity index (χ0v) is 14.0. The summed E-state index contributed by atoms with van der Waals surface area (Å²) in [5.41, 5.74) is 7.64. The van der Waals surface area contributed by atoms with Crippen molar-refractivity contribution in [1.29, 1.82) is 0 Å². The summed E-state index contributed by atoms with van der Waals surface area (Å²) in [5, 5.41) is 1.01. The molecule has 4 nitrogen and oxygen atoms in total. The van der Waals surface area contributed by atoms with Crippen LogP contribution in [0, 0.1) is 6.92 Å². The van der Waals surface area contributed by atoms with Crippen LogP contribution in [-0.4, -0.2) is 9.97 Å². The molecule has 0 atom stereocenters. The highest BCUT2D eigenvalue weighted by Gasteiger charge is 2.16. The van der Waals surface area contributed by atoms with E-state index in [-0.39, 0.29) is 11.8 Å². The van der Waals surface area contributed by atoms with Gasteiger partial charge in [-0.3, -0.25) is 0 Å². The Morgan fingerprint density at radius 3 is 2.52 bits per heavy atom. The standard InChI is InChI=1S/C14H14Cl3N3O/c1-6(2)12-14(17)19-5-10(20-12)21-13-8(15)4-9(18)7(3)11(13)16/h4-6H,18H2,1-3H3. The molecule has 112 valence electrons. The second kappa shape index (κ2) is 6.26. The Balaban J connectivity index is 2.44. The minimum absolute atomic E-state index is 0.118. The van der Waals surface area contributed by atoms with E-state index in [1.54, 1.807) is 13.0 Å². The smallest absolute Gasteiger partial charge is 0.238 e. The van der Waals surface area contributed by atoms with Crippen LogP contribution in [0.25, 0.3) is 0 Å². The van der Waals surface area contributed by atoms with Gasteiger partial charge in [0, 0.05) is 5.69 Å². The third-order valence-corrected chi connectivity index (χ3v) is 3.97. The number of hydrogen-bond donors (Lipinski definition) is 1. The molecule has 0 aliphatic rings. The SMILES string of the molecule is Cc1c(N)cc(Cl)c(Oc2cnc(Cl)c(C(C)C)n2)c1Cl. The molecular formula is C14H14Cl3N3O. The summed E-state index contributed by atoms with van der Waals surface area (Å²) in [6.07, 6.45) is 1.42. The highest BCUT2D eigenvalue weighted by Crippen LogP contribution is 2.40. The predicted octanol–water partition coefficient (Wildman–Crippen LogP) is 5.24. The van der Waals surface area contributed by atoms with Crippen molar-refractivity contribution in [2.45, 2.75) is 26.7 Å². The molecule has 0 fully saturated rings. The zero-order chi connectivity index (χ0) is 15.7. The zero-order valence-electron chi connectivity index (χ0n) is 11.7. The molecule has 21 heavy (non-hydrogen) atoms. The van der Waals surface area contributed by atoms with Crippen molar-refractivity contribution in [1.82, 2.24) is 9.97 Å². The molecule has 0 spiro atoms. The summed E-state index contributed by atoms with van der Waals surface area (Å²) < 4.78 is 5.67. The van der Waals surface area contributed by atoms with E-state index in [4.69, 9.17) is 45.3 Å². The van der Waals surface area contributed by atoms with Crippen molar-refractivity contribution >= 4 is 40.5 Å². The molecule has 1 aromatic carbocycles. The number of anilines is 1. The Labute approximate surface area is 138 Å². The minimum atomic E-state index is 0.118. The van der Waals surface area contributed by atoms with Crippen LogP contribution in [0.1, 0.15) is 31.0 Å². The quantitative estimate of drug-likeness (QED) is 0.772. The Kier molecular flexibility index (Phi) is 4.81. The first-order valence-corrected chi connectivity index (χ1v) is 7.39. The lowest BCUT2D eigenvalue weighted by Gasteiger charge is -2.13. The van der Waals surface area contributed by atoms with Crippen LogP contribution >= 0.6 is 34.8 Å². The highest BCUT2D eigenvalue weighted by molar-refractivity contribution is 6.38. The second-order valence-corrected chi connectivity index (χ2v) is 6.00. The summed E-state index contributed by atoms with van der Waals surface area (Å²) >= 11 is 18.4. The maximum Gasteiger partial charge on any atom is 0.238 e. The van der Waals surface area contributed by atoms with Crippen LogP contribution in [0.5, 0.6) is 11.6 Å². The van der Waals surface area contributed by atoms with Crippen molar-refractivity contribution in [3.05, 3.63) is 38.7 Å². The molecule has 0 amide bonds. The van der Waals surface area contributed by atoms with Crippen molar-refractivity contribution in [2.75, 3.05) is 5.73 Å². The van der Waals surface area contributed by atoms with Crippen molar-refractivity contribution in [3.8, 4) is 11.6 Å². The Hall–Kier alpha value is -1.23. The number of rotatable bonds is 3. The maximum absolute atomic E-state index is 6.22. The molecule has 0 aliphatic carbocycles. The summed E-state index contributed by atoms with van der Waals surface area (Å²) in [5.74, 6) is 0.695. The fourth-order valence-electron chi connectivity index (χ4n) is 1.70. The van der Waals surface area contributed by atoms with E-state index in [1.807, 2.05) is 13.8 Å². The fourth-order valence-corrected chi connectivity index (χ4v) is 2.56. The van der Waals surface area contributed by atoms with E-state index in [1.165, 1.54) is 6.20 Å². The summed E-state index contributed by atoms with van der Waals surface area (Å²) in [7, 11) is 0. The Morgan fingerprint density at radius 1 is 1.24 bits per heavy atom. The first kappa shape index (κ1) is 16.1. The molecule has 0 radical (unpaired) electrons. The fraction of sp³-hybridized carbons (Fsp3) is 0.286. The molecule has 2 aromatic rings. The van der Waals surface area contributed by atoms with Gasteiger partial charge in [-0.1, -0.05) is 48.7 Å². The van der Waals surface area contributed by atoms with Crippen LogP contribution in [-0.2, 0) is 0 Å². The minimum Gasteiger partial charge on any atom is -0.434 e. The van der Waals surface area contributed by atoms with E-state index in [0.717, 1.165) is 0 Å². The van der Waals surface area contributed by atoms with Crippen molar-refractivity contribution in [3.63, 3.8) is 0 Å². The third-order valence-electron chi connectivity index (χ3n) is 2.94. The van der Waals surface area contributed by atoms with Crippen LogP contribution in [0.4, 0.5) is 5.69 Å². The number of nitrogen functional groups attached to an aromatic ring is 1. The normalized spacial score (nSPS) is 11.0. The number of halogens is 3. The van der Waals surface area contributed by atoms with Gasteiger partial charge in [0.2, 0.25) is 5.88 Å². The number of aromatic nitrogens is 2. The average Bonchev–Trinajstić information content (AvgIpc) is 2.42. The van der Waals surface area contributed by atoms with Gasteiger partial charge in [0.1, 0.15) is 0 Å². The van der Waals surface area contributed by atoms with Gasteiger partial charge in [-0.2, -0.15) is 0 Å². The van der Waals surface area contributed by atoms with Gasteiger partial charge < -0.3 is 10.5 Å². The van der Waals surface area contributed by atoms with Gasteiger partial charge in [0.15, 0.2) is 10.9 Å². The molecular weight excluding hydrogens is 333 g/mol. The topological polar surface area (TPSA) is 61.0 Å². The first-order valence-electron chi connectivity index (χ1n) is 6.25. The lowest BCUT2D eigenvalue weighted by molar-refractivity contribution is 0.456. The number of hydrogen-bond acceptors (Lipinski definition) is 4. The second-order valence-electron chi connectivity index (χ2n) is 4.86. The van der Waals surface area contributed by atoms with E-state index < -0.39 is 0 Å². The summed E-state index contributed by atoms with van der Waals surface area (Å²) in [6.45, 7) is 5.72. The number of ether oxygens (including phenoxy) is 1. The maximum atomic E-state index is 6.22. The highest BCUT2D eigenvalue weighted by atomic mass is 35.5. The van der Waals surface area contributed by atoms with E-state index in [9.17, 15) is 0 Å². The summed E-state index contributed by atoms with van der Waals surface area (Å²) in [4.78, 5) is 8.40. The third kappa shape index (κ3) is 3.34. The Morgan fingerprint density at radius 2 is 1.90 bits per heavy atom. The summed E-state index contributed by atoms with van der Waals surface area (Å²) in [6, 6.07) is 1.59. The van der Waals surface area contributed by atoms with E-state index in [2.05, 4.69) is 9.97 Å². The molecule has 2 N–H and O–H groups in total. The first-order chi connectivity index (χ1) is 9.81. The van der Waals surface area contributed by atoms with Crippen molar-refractivity contribution in [2.24, 2.45) is 0 Å². The molecule has 0 bridgehead atoms. The van der Waals surface area contributed by atoms with Crippen LogP contribution in [0.15, 0.2) is 12.3 Å². The van der Waals surface area contributed by atoms with Crippen molar-refractivity contribution < 1.29 is 4.74 Å². The molecule has 0 aliphatic heterocycles. The molecule has 1 heterocycles. The average molecular weight is 347 g/mol. The molecule has 0 unspecified atom stereocenters. The number of nitrogens with two attached hydrogens (primary N) is 1. The van der Waals surface area contributed by atoms with Gasteiger partial charge >= 0.3 is 0 Å². The molecule has 0 saturated carbocycles. The largest absolute Gasteiger partial charge is 0.434 e. The molecule has 1 aromatic heterocycles. The lowest BCUT2D eigenvalue weighted by atomic mass is 10.1. The molecule has 2 rings (SSSR count). The van der Waals surface area contributed by atoms with E-state index in [0.29, 0.717) is 37.9 Å². The van der Waals surface area contributed by atoms with Gasteiger partial charge in [-0.05, 0) is 24.5 Å². The number of nitrogens with zero attached hydrogens (tertiary/aromatic N) is 2. The van der Waals surface area contributed by atoms with E-state index >= 15 is 0 Å². The van der Waals surface area contributed by atoms with Gasteiger partial charge in [0.05, 0.1) is 21.9 Å². The number of benzene rings is 1. The monoisotopic (exact) mass is 345 g/mol. The van der Waals surface area contributed by atoms with Gasteiger partial charge in [-0.15, -0.1) is 0 Å². The van der Waals surface area contributed by atoms with Gasteiger partial charge in [-0.25, -0.2) is 9.97 Å². The predicted molar refractivity (Wildman–Crippen MR) is 86.8 cm³/mol. The molecule has 0 saturated heterocycles. The van der Waals surface area contributed by atoms with Crippen LogP contribution in [0.2, 0.25) is 15.2 Å².